The minimum absolute atomic E-state index is 0.0614. The summed E-state index contributed by atoms with van der Waals surface area (Å²) >= 11 is 0. The van der Waals surface area contributed by atoms with Crippen molar-refractivity contribution in [3.8, 4) is 5.75 Å². The third-order valence-corrected chi connectivity index (χ3v) is 2.54. The molecule has 96 valence electrons. The quantitative estimate of drug-likeness (QED) is 0.577. The molecule has 6 heteroatoms. The van der Waals surface area contributed by atoms with Crippen LogP contribution in [0.1, 0.15) is 10.4 Å². The summed E-state index contributed by atoms with van der Waals surface area (Å²) in [6.45, 7) is 0. The second-order valence-electron chi connectivity index (χ2n) is 3.74. The molecular formula is C13H10N2O4. The number of anilines is 2. The molecule has 0 saturated carbocycles. The highest BCUT2D eigenvalue weighted by Crippen LogP contribution is 2.36. The number of carboxylic acids is 1. The molecule has 0 amide bonds. The summed E-state index contributed by atoms with van der Waals surface area (Å²) in [5.74, 6) is -1.41. The number of phenolic OH excluding ortho intramolecular Hbond substituents is 1. The van der Waals surface area contributed by atoms with E-state index in [1.165, 1.54) is 24.3 Å². The molecule has 0 radical (unpaired) electrons. The summed E-state index contributed by atoms with van der Waals surface area (Å²) in [5.41, 5.74) is 0.475. The van der Waals surface area contributed by atoms with Crippen LogP contribution in [0.3, 0.4) is 0 Å². The Labute approximate surface area is 108 Å². The summed E-state index contributed by atoms with van der Waals surface area (Å²) in [5, 5.41) is 24.3. The van der Waals surface area contributed by atoms with Crippen LogP contribution in [0.15, 0.2) is 47.6 Å². The number of benzene rings is 2. The molecule has 0 aliphatic rings. The molecule has 0 fully saturated rings. The van der Waals surface area contributed by atoms with Gasteiger partial charge in [0.15, 0.2) is 11.4 Å². The van der Waals surface area contributed by atoms with Crippen molar-refractivity contribution in [2.75, 3.05) is 5.32 Å². The monoisotopic (exact) mass is 258 g/mol. The smallest absolute Gasteiger partial charge is 0.337 e. The molecule has 2 aromatic rings. The summed E-state index contributed by atoms with van der Waals surface area (Å²) < 4.78 is 0. The third kappa shape index (κ3) is 2.52. The van der Waals surface area contributed by atoms with Gasteiger partial charge in [0.1, 0.15) is 0 Å². The van der Waals surface area contributed by atoms with Crippen LogP contribution in [-0.2, 0) is 0 Å². The number of carboxylic acid groups (broad SMARTS) is 1. The molecule has 0 aliphatic heterocycles. The van der Waals surface area contributed by atoms with Gasteiger partial charge in [-0.2, -0.15) is 0 Å². The third-order valence-electron chi connectivity index (χ3n) is 2.54. The Kier molecular flexibility index (Phi) is 3.42. The van der Waals surface area contributed by atoms with Gasteiger partial charge in [-0.15, -0.1) is 4.91 Å². The van der Waals surface area contributed by atoms with E-state index in [0.717, 1.165) is 0 Å². The number of aromatic hydroxyl groups is 1. The minimum Gasteiger partial charge on any atom is -0.504 e. The molecule has 0 aromatic heterocycles. The Morgan fingerprint density at radius 3 is 2.42 bits per heavy atom. The maximum Gasteiger partial charge on any atom is 0.337 e. The number of phenols is 1. The lowest BCUT2D eigenvalue weighted by Crippen LogP contribution is -2.02. The number of rotatable bonds is 4. The highest BCUT2D eigenvalue weighted by Gasteiger charge is 2.12. The molecule has 0 atom stereocenters. The van der Waals surface area contributed by atoms with Gasteiger partial charge in [-0.1, -0.05) is 18.2 Å². The fourth-order valence-electron chi connectivity index (χ4n) is 1.63. The molecule has 0 unspecified atom stereocenters. The largest absolute Gasteiger partial charge is 0.504 e. The average molecular weight is 258 g/mol. The van der Waals surface area contributed by atoms with E-state index in [1.807, 2.05) is 0 Å². The number of carbonyl (C=O) groups is 1. The van der Waals surface area contributed by atoms with Crippen LogP contribution in [0.5, 0.6) is 5.75 Å². The van der Waals surface area contributed by atoms with Crippen molar-refractivity contribution in [1.29, 1.82) is 0 Å². The van der Waals surface area contributed by atoms with E-state index in [4.69, 9.17) is 5.11 Å². The topological polar surface area (TPSA) is 99.0 Å². The van der Waals surface area contributed by atoms with Crippen LogP contribution < -0.4 is 5.32 Å². The van der Waals surface area contributed by atoms with E-state index in [9.17, 15) is 14.8 Å². The van der Waals surface area contributed by atoms with Gasteiger partial charge < -0.3 is 15.5 Å². The van der Waals surface area contributed by atoms with Gasteiger partial charge in [0.2, 0.25) is 0 Å². The van der Waals surface area contributed by atoms with Crippen LogP contribution in [0.4, 0.5) is 17.1 Å². The lowest BCUT2D eigenvalue weighted by atomic mass is 10.1. The van der Waals surface area contributed by atoms with Crippen molar-refractivity contribution in [2.45, 2.75) is 0 Å². The van der Waals surface area contributed by atoms with Gasteiger partial charge in [-0.3, -0.25) is 0 Å². The molecule has 2 rings (SSSR count). The Morgan fingerprint density at radius 2 is 1.74 bits per heavy atom. The zero-order valence-electron chi connectivity index (χ0n) is 9.70. The van der Waals surface area contributed by atoms with E-state index in [0.29, 0.717) is 5.69 Å². The van der Waals surface area contributed by atoms with Crippen LogP contribution in [0.25, 0.3) is 0 Å². The molecule has 3 N–H and O–H groups in total. The maximum atomic E-state index is 11.0. The van der Waals surface area contributed by atoms with Crippen molar-refractivity contribution in [2.24, 2.45) is 5.18 Å². The molecule has 0 aliphatic carbocycles. The minimum atomic E-state index is -1.09. The van der Waals surface area contributed by atoms with Crippen molar-refractivity contribution >= 4 is 23.0 Å². The summed E-state index contributed by atoms with van der Waals surface area (Å²) in [6, 6.07) is 10.7. The number of para-hydroxylation sites is 2. The van der Waals surface area contributed by atoms with Crippen molar-refractivity contribution in [3.05, 3.63) is 52.9 Å². The van der Waals surface area contributed by atoms with Gasteiger partial charge in [0.25, 0.3) is 0 Å². The number of aromatic carboxylic acids is 1. The second-order valence-corrected chi connectivity index (χ2v) is 3.74. The lowest BCUT2D eigenvalue weighted by molar-refractivity contribution is 0.0698. The first kappa shape index (κ1) is 12.6. The first-order chi connectivity index (χ1) is 9.13. The zero-order valence-corrected chi connectivity index (χ0v) is 9.70. The maximum absolute atomic E-state index is 11.0. The van der Waals surface area contributed by atoms with E-state index < -0.39 is 5.97 Å². The van der Waals surface area contributed by atoms with Gasteiger partial charge in [-0.05, 0) is 29.4 Å². The Hall–Kier alpha value is -2.89. The van der Waals surface area contributed by atoms with Gasteiger partial charge >= 0.3 is 5.97 Å². The molecule has 0 heterocycles. The molecule has 19 heavy (non-hydrogen) atoms. The molecule has 0 bridgehead atoms. The zero-order chi connectivity index (χ0) is 13.8. The molecule has 0 spiro atoms. The Morgan fingerprint density at radius 1 is 1.05 bits per heavy atom. The molecule has 6 nitrogen and oxygen atoms in total. The van der Waals surface area contributed by atoms with E-state index in [2.05, 4.69) is 10.5 Å². The van der Waals surface area contributed by atoms with Gasteiger partial charge in [-0.25, -0.2) is 4.79 Å². The number of hydrogen-bond donors (Lipinski definition) is 3. The summed E-state index contributed by atoms with van der Waals surface area (Å²) in [7, 11) is 0. The molecular weight excluding hydrogens is 248 g/mol. The molecule has 2 aromatic carbocycles. The van der Waals surface area contributed by atoms with Crippen LogP contribution in [0.2, 0.25) is 0 Å². The summed E-state index contributed by atoms with van der Waals surface area (Å²) in [4.78, 5) is 21.5. The predicted molar refractivity (Wildman–Crippen MR) is 70.2 cm³/mol. The Bertz CT molecular complexity index is 640. The van der Waals surface area contributed by atoms with E-state index >= 15 is 0 Å². The first-order valence-electron chi connectivity index (χ1n) is 5.38. The van der Waals surface area contributed by atoms with E-state index in [1.54, 1.807) is 18.2 Å². The number of nitrogens with zero attached hydrogens (tertiary/aromatic N) is 1. The summed E-state index contributed by atoms with van der Waals surface area (Å²) in [6.07, 6.45) is 0. The van der Waals surface area contributed by atoms with Crippen LogP contribution in [0, 0.1) is 4.91 Å². The lowest BCUT2D eigenvalue weighted by Gasteiger charge is -2.11. The number of nitrogens with one attached hydrogen (secondary N) is 1. The van der Waals surface area contributed by atoms with Crippen LogP contribution in [-0.4, -0.2) is 16.2 Å². The van der Waals surface area contributed by atoms with Crippen molar-refractivity contribution < 1.29 is 15.0 Å². The van der Waals surface area contributed by atoms with Gasteiger partial charge in [0, 0.05) is 0 Å². The fraction of sp³-hybridized carbons (Fsp3) is 0. The van der Waals surface area contributed by atoms with Gasteiger partial charge in [0.05, 0.1) is 16.9 Å². The Balaban J connectivity index is 2.42. The van der Waals surface area contributed by atoms with Crippen molar-refractivity contribution in [1.82, 2.24) is 0 Å². The van der Waals surface area contributed by atoms with Crippen molar-refractivity contribution in [3.63, 3.8) is 0 Å². The standard InChI is InChI=1S/C13H10N2O4/c16-12-10(6-3-7-11(12)15-19)14-9-5-2-1-4-8(9)13(17)18/h1-7,14,16H,(H,17,18). The molecule has 0 saturated heterocycles. The van der Waals surface area contributed by atoms with E-state index in [-0.39, 0.29) is 22.7 Å². The second kappa shape index (κ2) is 5.18. The number of nitroso groups, excluding NO2 is 1. The first-order valence-corrected chi connectivity index (χ1v) is 5.38. The van der Waals surface area contributed by atoms with Crippen LogP contribution >= 0.6 is 0 Å². The highest BCUT2D eigenvalue weighted by atomic mass is 16.4. The average Bonchev–Trinajstić information content (AvgIpc) is 2.41. The number of hydrogen-bond acceptors (Lipinski definition) is 5. The highest BCUT2D eigenvalue weighted by molar-refractivity contribution is 5.95. The SMILES string of the molecule is O=Nc1cccc(Nc2ccccc2C(=O)O)c1O. The normalized spacial score (nSPS) is 9.89. The fourth-order valence-corrected chi connectivity index (χ4v) is 1.63. The predicted octanol–water partition coefficient (Wildman–Crippen LogP) is 3.23.